The standard InChI is InChI=1S/C28H34N4O4/c1-4-28(5-2)15-23(34)32(27(29)31-28)25-20-12-18(11-10-17(20)14-22(25)36-3)26(35)30-24-19-9-7-6-8-16(19)13-21(24)33/h6-12,21-22,24-25,33H,4-5,13-15H2,1-3H3,(H2,29,31)(H,30,35)/t21-,22?,24-,25+/m1/s1. The van der Waals surface area contributed by atoms with Crippen LogP contribution in [-0.2, 0) is 22.4 Å². The van der Waals surface area contributed by atoms with E-state index in [1.807, 2.05) is 50.2 Å². The molecule has 190 valence electrons. The highest BCUT2D eigenvalue weighted by Gasteiger charge is 2.46. The van der Waals surface area contributed by atoms with E-state index in [0.29, 0.717) is 24.8 Å². The number of aliphatic hydroxyl groups excluding tert-OH is 1. The molecule has 4 N–H and O–H groups in total. The fourth-order valence-corrected chi connectivity index (χ4v) is 6.00. The summed E-state index contributed by atoms with van der Waals surface area (Å²) in [6, 6.07) is 12.4. The number of nitrogens with one attached hydrogen (secondary N) is 1. The Hall–Kier alpha value is -3.23. The molecule has 0 fully saturated rings. The second kappa shape index (κ2) is 9.33. The lowest BCUT2D eigenvalue weighted by atomic mass is 9.87. The molecule has 8 nitrogen and oxygen atoms in total. The quantitative estimate of drug-likeness (QED) is 0.576. The van der Waals surface area contributed by atoms with Crippen molar-refractivity contribution in [2.24, 2.45) is 10.7 Å². The average Bonchev–Trinajstić information content (AvgIpc) is 3.40. The van der Waals surface area contributed by atoms with E-state index in [1.54, 1.807) is 18.1 Å². The summed E-state index contributed by atoms with van der Waals surface area (Å²) in [5.74, 6) is -0.150. The summed E-state index contributed by atoms with van der Waals surface area (Å²) in [7, 11) is 1.63. The molecule has 1 aliphatic heterocycles. The third kappa shape index (κ3) is 3.98. The van der Waals surface area contributed by atoms with E-state index in [1.165, 1.54) is 0 Å². The molecule has 2 aliphatic carbocycles. The third-order valence-corrected chi connectivity index (χ3v) is 8.24. The molecule has 3 aliphatic rings. The van der Waals surface area contributed by atoms with Crippen LogP contribution in [0, 0.1) is 0 Å². The van der Waals surface area contributed by atoms with Gasteiger partial charge in [0.25, 0.3) is 5.91 Å². The van der Waals surface area contributed by atoms with Gasteiger partial charge in [-0.15, -0.1) is 0 Å². The van der Waals surface area contributed by atoms with Crippen LogP contribution in [0.25, 0.3) is 0 Å². The zero-order valence-corrected chi connectivity index (χ0v) is 21.0. The molecule has 0 radical (unpaired) electrons. The number of nitrogens with zero attached hydrogens (tertiary/aromatic N) is 2. The highest BCUT2D eigenvalue weighted by Crippen LogP contribution is 2.41. The number of hydrogen-bond donors (Lipinski definition) is 3. The molecule has 2 aromatic carbocycles. The van der Waals surface area contributed by atoms with Gasteiger partial charge in [0.2, 0.25) is 5.91 Å². The Balaban J connectivity index is 1.45. The summed E-state index contributed by atoms with van der Waals surface area (Å²) in [6.45, 7) is 4.05. The van der Waals surface area contributed by atoms with Crippen LogP contribution in [0.4, 0.5) is 0 Å². The second-order valence-corrected chi connectivity index (χ2v) is 10.1. The van der Waals surface area contributed by atoms with Crippen LogP contribution in [0.1, 0.15) is 77.8 Å². The number of carbonyl (C=O) groups is 2. The molecular weight excluding hydrogens is 456 g/mol. The fourth-order valence-electron chi connectivity index (χ4n) is 6.00. The van der Waals surface area contributed by atoms with Crippen LogP contribution in [0.5, 0.6) is 0 Å². The largest absolute Gasteiger partial charge is 0.390 e. The number of hydrogen-bond acceptors (Lipinski definition) is 6. The number of aliphatic imine (C=N–C) groups is 1. The normalized spacial score (nSPS) is 26.4. The van der Waals surface area contributed by atoms with Gasteiger partial charge in [0.15, 0.2) is 5.96 Å². The zero-order valence-electron chi connectivity index (χ0n) is 21.0. The van der Waals surface area contributed by atoms with E-state index in [-0.39, 0.29) is 23.9 Å². The van der Waals surface area contributed by atoms with Crippen LogP contribution in [0.15, 0.2) is 47.5 Å². The van der Waals surface area contributed by atoms with E-state index >= 15 is 0 Å². The van der Waals surface area contributed by atoms with Crippen LogP contribution in [-0.4, -0.2) is 52.6 Å². The number of aliphatic hydroxyl groups is 1. The number of ether oxygens (including phenoxy) is 1. The molecule has 36 heavy (non-hydrogen) atoms. The summed E-state index contributed by atoms with van der Waals surface area (Å²) in [5.41, 5.74) is 10.2. The minimum Gasteiger partial charge on any atom is -0.390 e. The highest BCUT2D eigenvalue weighted by molar-refractivity contribution is 6.00. The second-order valence-electron chi connectivity index (χ2n) is 10.1. The first-order valence-corrected chi connectivity index (χ1v) is 12.7. The van der Waals surface area contributed by atoms with Crippen LogP contribution in [0.3, 0.4) is 0 Å². The monoisotopic (exact) mass is 490 g/mol. The molecule has 4 atom stereocenters. The maximum Gasteiger partial charge on any atom is 0.251 e. The van der Waals surface area contributed by atoms with E-state index < -0.39 is 23.7 Å². The van der Waals surface area contributed by atoms with Gasteiger partial charge in [-0.3, -0.25) is 14.5 Å². The Morgan fingerprint density at radius 2 is 1.89 bits per heavy atom. The molecule has 0 aromatic heterocycles. The van der Waals surface area contributed by atoms with Gasteiger partial charge in [0.1, 0.15) is 0 Å². The number of amides is 2. The Labute approximate surface area is 211 Å². The van der Waals surface area contributed by atoms with Crippen molar-refractivity contribution in [3.8, 4) is 0 Å². The maximum absolute atomic E-state index is 13.4. The fraction of sp³-hybridized carbons (Fsp3) is 0.464. The van der Waals surface area contributed by atoms with E-state index in [2.05, 4.69) is 5.32 Å². The van der Waals surface area contributed by atoms with E-state index in [4.69, 9.17) is 15.5 Å². The van der Waals surface area contributed by atoms with Crippen molar-refractivity contribution < 1.29 is 19.4 Å². The van der Waals surface area contributed by atoms with Crippen molar-refractivity contribution in [1.82, 2.24) is 10.2 Å². The molecular formula is C28H34N4O4. The van der Waals surface area contributed by atoms with Gasteiger partial charge in [0, 0.05) is 25.5 Å². The van der Waals surface area contributed by atoms with Gasteiger partial charge < -0.3 is 20.9 Å². The minimum atomic E-state index is -0.675. The molecule has 5 rings (SSSR count). The van der Waals surface area contributed by atoms with Crippen molar-refractivity contribution in [3.63, 3.8) is 0 Å². The van der Waals surface area contributed by atoms with Crippen molar-refractivity contribution in [2.45, 2.75) is 75.8 Å². The number of carbonyl (C=O) groups excluding carboxylic acids is 2. The predicted molar refractivity (Wildman–Crippen MR) is 136 cm³/mol. The molecule has 0 spiro atoms. The minimum absolute atomic E-state index is 0.0772. The first kappa shape index (κ1) is 24.5. The van der Waals surface area contributed by atoms with E-state index in [0.717, 1.165) is 35.1 Å². The number of guanidine groups is 1. The first-order chi connectivity index (χ1) is 17.3. The smallest absolute Gasteiger partial charge is 0.251 e. The lowest BCUT2D eigenvalue weighted by Crippen LogP contribution is -2.54. The SMILES string of the molecule is CCC1(CC)CC(=O)N([C@H]2c3cc(C(=O)N[C@@H]4c5ccccc5C[C@H]4O)ccc3CC2OC)C(N)=N1. The molecule has 0 bridgehead atoms. The summed E-state index contributed by atoms with van der Waals surface area (Å²) in [5, 5.41) is 13.6. The van der Waals surface area contributed by atoms with Crippen molar-refractivity contribution >= 4 is 17.8 Å². The van der Waals surface area contributed by atoms with Gasteiger partial charge in [-0.1, -0.05) is 44.2 Å². The van der Waals surface area contributed by atoms with Gasteiger partial charge in [-0.25, -0.2) is 4.99 Å². The molecule has 0 saturated heterocycles. The van der Waals surface area contributed by atoms with Gasteiger partial charge in [-0.2, -0.15) is 0 Å². The maximum atomic E-state index is 13.4. The van der Waals surface area contributed by atoms with Crippen LogP contribution >= 0.6 is 0 Å². The molecule has 1 unspecified atom stereocenters. The summed E-state index contributed by atoms with van der Waals surface area (Å²) in [6.07, 6.45) is 1.91. The number of methoxy groups -OCH3 is 1. The predicted octanol–water partition coefficient (Wildman–Crippen LogP) is 2.79. The summed E-state index contributed by atoms with van der Waals surface area (Å²) >= 11 is 0. The number of fused-ring (bicyclic) bond motifs is 2. The van der Waals surface area contributed by atoms with E-state index in [9.17, 15) is 14.7 Å². The van der Waals surface area contributed by atoms with Crippen molar-refractivity contribution in [1.29, 1.82) is 0 Å². The summed E-state index contributed by atoms with van der Waals surface area (Å²) in [4.78, 5) is 33.0. The lowest BCUT2D eigenvalue weighted by Gasteiger charge is -2.40. The Morgan fingerprint density at radius 3 is 2.58 bits per heavy atom. The summed E-state index contributed by atoms with van der Waals surface area (Å²) < 4.78 is 5.78. The Morgan fingerprint density at radius 1 is 1.17 bits per heavy atom. The number of rotatable bonds is 6. The number of nitrogens with two attached hydrogens (primary N) is 1. The van der Waals surface area contributed by atoms with Crippen LogP contribution in [0.2, 0.25) is 0 Å². The van der Waals surface area contributed by atoms with Crippen molar-refractivity contribution in [3.05, 3.63) is 70.3 Å². The Bertz CT molecular complexity index is 1220. The highest BCUT2D eigenvalue weighted by atomic mass is 16.5. The lowest BCUT2D eigenvalue weighted by molar-refractivity contribution is -0.133. The first-order valence-electron chi connectivity index (χ1n) is 12.7. The molecule has 1 heterocycles. The Kier molecular flexibility index (Phi) is 6.34. The zero-order chi connectivity index (χ0) is 25.6. The van der Waals surface area contributed by atoms with Crippen LogP contribution < -0.4 is 11.1 Å². The molecule has 2 aromatic rings. The topological polar surface area (TPSA) is 117 Å². The molecule has 2 amide bonds. The third-order valence-electron chi connectivity index (χ3n) is 8.24. The number of benzene rings is 2. The van der Waals surface area contributed by atoms with Gasteiger partial charge >= 0.3 is 0 Å². The van der Waals surface area contributed by atoms with Gasteiger partial charge in [0.05, 0.1) is 36.3 Å². The van der Waals surface area contributed by atoms with Gasteiger partial charge in [-0.05, 0) is 47.2 Å². The molecule has 8 heteroatoms. The average molecular weight is 491 g/mol. The molecule has 0 saturated carbocycles. The van der Waals surface area contributed by atoms with Crippen molar-refractivity contribution in [2.75, 3.05) is 7.11 Å².